The van der Waals surface area contributed by atoms with Crippen LogP contribution >= 0.6 is 0 Å². The summed E-state index contributed by atoms with van der Waals surface area (Å²) in [5.41, 5.74) is 1.63. The molecule has 0 heterocycles. The van der Waals surface area contributed by atoms with Crippen LogP contribution in [0.2, 0.25) is 0 Å². The topological polar surface area (TPSA) is 83.5 Å². The minimum atomic E-state index is -3.62. The normalized spacial score (nSPS) is 11.7. The third-order valence-corrected chi connectivity index (χ3v) is 4.79. The maximum absolute atomic E-state index is 12.3. The number of ketones is 1. The zero-order chi connectivity index (χ0) is 17.4. The van der Waals surface area contributed by atoms with Gasteiger partial charge in [-0.3, -0.25) is 4.79 Å². The fourth-order valence-electron chi connectivity index (χ4n) is 2.08. The lowest BCUT2D eigenvalue weighted by molar-refractivity contribution is -0.117. The van der Waals surface area contributed by atoms with Gasteiger partial charge in [-0.2, -0.15) is 0 Å². The number of aliphatic hydroxyl groups excluding tert-OH is 1. The van der Waals surface area contributed by atoms with Crippen molar-refractivity contribution >= 4 is 21.9 Å². The quantitative estimate of drug-likeness (QED) is 0.715. The molecule has 0 aromatic heterocycles. The Morgan fingerprint density at radius 1 is 1.08 bits per heavy atom. The van der Waals surface area contributed by atoms with Crippen molar-refractivity contribution in [1.29, 1.82) is 0 Å². The number of sulfonamides is 1. The Hall–Kier alpha value is -2.28. The highest BCUT2D eigenvalue weighted by Gasteiger charge is 2.13. The van der Waals surface area contributed by atoms with Gasteiger partial charge in [0.2, 0.25) is 10.0 Å². The van der Waals surface area contributed by atoms with Crippen molar-refractivity contribution in [3.63, 3.8) is 0 Å². The Balaban J connectivity index is 2.03. The average molecular weight is 345 g/mol. The molecule has 0 saturated carbocycles. The minimum absolute atomic E-state index is 0.133. The number of hydrogen-bond acceptors (Lipinski definition) is 4. The van der Waals surface area contributed by atoms with Gasteiger partial charge in [0.05, 0.1) is 4.90 Å². The van der Waals surface area contributed by atoms with Crippen LogP contribution in [0.25, 0.3) is 6.08 Å². The third kappa shape index (κ3) is 5.42. The van der Waals surface area contributed by atoms with Gasteiger partial charge in [0.15, 0.2) is 5.78 Å². The first kappa shape index (κ1) is 18.1. The van der Waals surface area contributed by atoms with E-state index in [0.717, 1.165) is 5.56 Å². The summed E-state index contributed by atoms with van der Waals surface area (Å²) in [6, 6.07) is 15.9. The Labute approximate surface area is 141 Å². The maximum Gasteiger partial charge on any atom is 0.240 e. The van der Waals surface area contributed by atoms with Gasteiger partial charge in [0.25, 0.3) is 0 Å². The fraction of sp³-hybridized carbons (Fsp3) is 0.167. The monoisotopic (exact) mass is 345 g/mol. The molecule has 126 valence electrons. The molecule has 0 bridgehead atoms. The summed E-state index contributed by atoms with van der Waals surface area (Å²) >= 11 is 0. The lowest BCUT2D eigenvalue weighted by Crippen LogP contribution is -2.26. The molecule has 2 N–H and O–H groups in total. The van der Waals surface area contributed by atoms with Crippen LogP contribution in [0, 0.1) is 0 Å². The molecule has 2 aromatic rings. The van der Waals surface area contributed by atoms with Crippen LogP contribution in [-0.2, 0) is 21.2 Å². The van der Waals surface area contributed by atoms with Gasteiger partial charge in [-0.1, -0.05) is 48.5 Å². The van der Waals surface area contributed by atoms with Gasteiger partial charge < -0.3 is 5.11 Å². The van der Waals surface area contributed by atoms with Crippen LogP contribution in [-0.4, -0.2) is 32.5 Å². The summed E-state index contributed by atoms with van der Waals surface area (Å²) < 4.78 is 27.2. The first-order valence-electron chi connectivity index (χ1n) is 7.47. The summed E-state index contributed by atoms with van der Waals surface area (Å²) in [4.78, 5) is 11.2. The molecule has 0 unspecified atom stereocenters. The van der Waals surface area contributed by atoms with Crippen LogP contribution in [0.3, 0.4) is 0 Å². The van der Waals surface area contributed by atoms with E-state index in [4.69, 9.17) is 5.11 Å². The van der Waals surface area contributed by atoms with Crippen LogP contribution in [0.4, 0.5) is 0 Å². The number of nitrogens with one attached hydrogen (secondary N) is 1. The lowest BCUT2D eigenvalue weighted by Gasteiger charge is -2.07. The molecule has 0 aliphatic rings. The number of rotatable bonds is 8. The molecule has 0 amide bonds. The van der Waals surface area contributed by atoms with Crippen LogP contribution < -0.4 is 4.72 Å². The maximum atomic E-state index is 12.3. The van der Waals surface area contributed by atoms with Crippen LogP contribution in [0.1, 0.15) is 11.1 Å². The van der Waals surface area contributed by atoms with E-state index in [0.29, 0.717) is 18.5 Å². The molecule has 6 heteroatoms. The molecule has 0 saturated heterocycles. The number of benzene rings is 2. The number of carbonyl (C=O) groups excluding carboxylic acids is 1. The molecule has 0 aliphatic carbocycles. The molecule has 0 atom stereocenters. The first-order chi connectivity index (χ1) is 11.5. The van der Waals surface area contributed by atoms with E-state index in [1.807, 2.05) is 30.3 Å². The van der Waals surface area contributed by atoms with E-state index in [-0.39, 0.29) is 4.90 Å². The highest BCUT2D eigenvalue weighted by molar-refractivity contribution is 7.89. The van der Waals surface area contributed by atoms with Crippen molar-refractivity contribution in [3.05, 3.63) is 71.8 Å². The predicted molar refractivity (Wildman–Crippen MR) is 92.9 cm³/mol. The van der Waals surface area contributed by atoms with Gasteiger partial charge in [-0.15, -0.1) is 0 Å². The molecule has 0 spiro atoms. The number of aliphatic hydroxyl groups is 1. The zero-order valence-corrected chi connectivity index (χ0v) is 13.9. The average Bonchev–Trinajstić information content (AvgIpc) is 2.60. The second-order valence-corrected chi connectivity index (χ2v) is 6.93. The van der Waals surface area contributed by atoms with E-state index in [2.05, 4.69) is 4.72 Å². The molecule has 0 aliphatic heterocycles. The summed E-state index contributed by atoms with van der Waals surface area (Å²) in [5, 5.41) is 8.68. The Morgan fingerprint density at radius 2 is 1.83 bits per heavy atom. The SMILES string of the molecule is O=C(/C=C/c1cccc(S(=O)(=O)NCCc2ccccc2)c1)CO. The molecule has 24 heavy (non-hydrogen) atoms. The van der Waals surface area contributed by atoms with Crippen LogP contribution in [0.15, 0.2) is 65.6 Å². The Kier molecular flexibility index (Phi) is 6.43. The molecule has 2 aromatic carbocycles. The lowest BCUT2D eigenvalue weighted by atomic mass is 10.2. The standard InChI is InChI=1S/C18H19NO4S/c20-14-17(21)10-9-16-7-4-8-18(13-16)24(22,23)19-12-11-15-5-2-1-3-6-15/h1-10,13,19-20H,11-12,14H2/b10-9+. The zero-order valence-electron chi connectivity index (χ0n) is 13.1. The van der Waals surface area contributed by atoms with Gasteiger partial charge >= 0.3 is 0 Å². The highest BCUT2D eigenvalue weighted by Crippen LogP contribution is 2.13. The molecular weight excluding hydrogens is 326 g/mol. The van der Waals surface area contributed by atoms with E-state index in [9.17, 15) is 13.2 Å². The summed E-state index contributed by atoms with van der Waals surface area (Å²) in [6.07, 6.45) is 3.29. The van der Waals surface area contributed by atoms with E-state index < -0.39 is 22.4 Å². The van der Waals surface area contributed by atoms with E-state index in [1.54, 1.807) is 12.1 Å². The second-order valence-electron chi connectivity index (χ2n) is 5.16. The summed E-state index contributed by atoms with van der Waals surface area (Å²) in [5.74, 6) is -0.441. The molecule has 0 fully saturated rings. The van der Waals surface area contributed by atoms with Crippen LogP contribution in [0.5, 0.6) is 0 Å². The Morgan fingerprint density at radius 3 is 2.54 bits per heavy atom. The van der Waals surface area contributed by atoms with Gasteiger partial charge in [-0.05, 0) is 35.8 Å². The Bertz CT molecular complexity index is 814. The molecular formula is C18H19NO4S. The molecule has 2 rings (SSSR count). The van der Waals surface area contributed by atoms with Crippen molar-refractivity contribution < 1.29 is 18.3 Å². The minimum Gasteiger partial charge on any atom is -0.388 e. The van der Waals surface area contributed by atoms with Crippen molar-refractivity contribution in [2.45, 2.75) is 11.3 Å². The van der Waals surface area contributed by atoms with Crippen molar-refractivity contribution in [2.24, 2.45) is 0 Å². The van der Waals surface area contributed by atoms with Crippen molar-refractivity contribution in [2.75, 3.05) is 13.2 Å². The highest BCUT2D eigenvalue weighted by atomic mass is 32.2. The number of hydrogen-bond donors (Lipinski definition) is 2. The number of carbonyl (C=O) groups is 1. The van der Waals surface area contributed by atoms with Gasteiger partial charge in [-0.25, -0.2) is 13.1 Å². The van der Waals surface area contributed by atoms with Crippen molar-refractivity contribution in [1.82, 2.24) is 4.72 Å². The fourth-order valence-corrected chi connectivity index (χ4v) is 3.17. The van der Waals surface area contributed by atoms with Gasteiger partial charge in [0, 0.05) is 6.54 Å². The third-order valence-electron chi connectivity index (χ3n) is 3.33. The van der Waals surface area contributed by atoms with E-state index in [1.165, 1.54) is 24.3 Å². The first-order valence-corrected chi connectivity index (χ1v) is 8.95. The second kappa shape index (κ2) is 8.54. The largest absolute Gasteiger partial charge is 0.388 e. The molecule has 0 radical (unpaired) electrons. The summed E-state index contributed by atoms with van der Waals surface area (Å²) in [7, 11) is -3.62. The smallest absolute Gasteiger partial charge is 0.240 e. The van der Waals surface area contributed by atoms with Crippen molar-refractivity contribution in [3.8, 4) is 0 Å². The predicted octanol–water partition coefficient (Wildman–Crippen LogP) is 1.78. The van der Waals surface area contributed by atoms with Gasteiger partial charge in [0.1, 0.15) is 6.61 Å². The van der Waals surface area contributed by atoms with E-state index >= 15 is 0 Å². The molecule has 5 nitrogen and oxygen atoms in total. The summed E-state index contributed by atoms with van der Waals surface area (Å²) in [6.45, 7) is -0.273.